The molecule has 11 nitrogen and oxygen atoms in total. The van der Waals surface area contributed by atoms with Gasteiger partial charge in [-0.2, -0.15) is 0 Å². The molecule has 0 fully saturated rings. The Morgan fingerprint density at radius 2 is 1.38 bits per heavy atom. The van der Waals surface area contributed by atoms with E-state index in [1.54, 1.807) is 17.5 Å². The van der Waals surface area contributed by atoms with E-state index in [2.05, 4.69) is 52.3 Å². The van der Waals surface area contributed by atoms with Crippen LogP contribution in [0.4, 0.5) is 16.3 Å². The summed E-state index contributed by atoms with van der Waals surface area (Å²) in [6, 6.07) is 18.4. The zero-order valence-corrected chi connectivity index (χ0v) is 28.8. The normalized spacial score (nSPS) is 11.6. The minimum atomic E-state index is -0.656. The standard InChI is InChI=1S/C35H46N4O7S/c1-35(2,3)46-34(41)39(14-16-42-18-20-44-22-23-45-21-19-43-17-15-40)32-13-10-28(25-36-32)26-6-8-27(9-7-26)33-37-30-12-11-29(38(4)5)24-31(30)47-33/h6-13,24-25,40H,14-23H2,1-5H3. The lowest BCUT2D eigenvalue weighted by molar-refractivity contribution is -0.00507. The average Bonchev–Trinajstić information content (AvgIpc) is 3.48. The number of carbonyl (C=O) groups is 1. The number of fused-ring (bicyclic) bond motifs is 1. The van der Waals surface area contributed by atoms with Crippen molar-refractivity contribution in [1.82, 2.24) is 9.97 Å². The van der Waals surface area contributed by atoms with Crippen LogP contribution in [0.1, 0.15) is 20.8 Å². The lowest BCUT2D eigenvalue weighted by atomic mass is 10.1. The summed E-state index contributed by atoms with van der Waals surface area (Å²) in [4.78, 5) is 26.1. The van der Waals surface area contributed by atoms with Crippen LogP contribution in [0.15, 0.2) is 60.8 Å². The number of rotatable bonds is 18. The van der Waals surface area contributed by atoms with Gasteiger partial charge in [0, 0.05) is 37.1 Å². The van der Waals surface area contributed by atoms with E-state index in [0.29, 0.717) is 52.1 Å². The third-order valence-electron chi connectivity index (χ3n) is 6.80. The second kappa shape index (κ2) is 18.0. The van der Waals surface area contributed by atoms with Crippen LogP contribution in [0, 0.1) is 0 Å². The Balaban J connectivity index is 1.30. The van der Waals surface area contributed by atoms with Crippen LogP contribution in [0.5, 0.6) is 0 Å². The van der Waals surface area contributed by atoms with Crippen molar-refractivity contribution in [3.05, 3.63) is 60.8 Å². The number of nitrogens with zero attached hydrogens (tertiary/aromatic N) is 4. The Labute approximate surface area is 281 Å². The van der Waals surface area contributed by atoms with Gasteiger partial charge in [-0.05, 0) is 56.7 Å². The predicted molar refractivity (Wildman–Crippen MR) is 187 cm³/mol. The van der Waals surface area contributed by atoms with E-state index in [1.165, 1.54) is 4.90 Å². The molecule has 1 N–H and O–H groups in total. The van der Waals surface area contributed by atoms with Crippen molar-refractivity contribution in [2.75, 3.05) is 89.9 Å². The molecule has 47 heavy (non-hydrogen) atoms. The molecule has 0 aliphatic rings. The third kappa shape index (κ3) is 11.5. The number of hydrogen-bond acceptors (Lipinski definition) is 11. The first-order chi connectivity index (χ1) is 22.6. The van der Waals surface area contributed by atoms with Crippen molar-refractivity contribution in [1.29, 1.82) is 0 Å². The molecule has 254 valence electrons. The summed E-state index contributed by atoms with van der Waals surface area (Å²) in [5.41, 5.74) is 4.48. The van der Waals surface area contributed by atoms with E-state index >= 15 is 0 Å². The topological polar surface area (TPSA) is 116 Å². The molecule has 0 aliphatic carbocycles. The number of amides is 1. The highest BCUT2D eigenvalue weighted by Crippen LogP contribution is 2.33. The monoisotopic (exact) mass is 666 g/mol. The summed E-state index contributed by atoms with van der Waals surface area (Å²) < 4.78 is 28.6. The van der Waals surface area contributed by atoms with E-state index < -0.39 is 11.7 Å². The van der Waals surface area contributed by atoms with Gasteiger partial charge in [-0.3, -0.25) is 4.90 Å². The highest BCUT2D eigenvalue weighted by Gasteiger charge is 2.24. The number of anilines is 2. The predicted octanol–water partition coefficient (Wildman–Crippen LogP) is 5.89. The molecular weight excluding hydrogens is 620 g/mol. The molecule has 0 saturated heterocycles. The van der Waals surface area contributed by atoms with Gasteiger partial charge in [0.15, 0.2) is 0 Å². The van der Waals surface area contributed by atoms with Gasteiger partial charge in [0.2, 0.25) is 0 Å². The Hall–Kier alpha value is -3.65. The first-order valence-electron chi connectivity index (χ1n) is 15.7. The molecule has 0 saturated carbocycles. The van der Waals surface area contributed by atoms with E-state index in [4.69, 9.17) is 33.8 Å². The van der Waals surface area contributed by atoms with E-state index in [1.807, 2.05) is 47.0 Å². The Morgan fingerprint density at radius 3 is 1.96 bits per heavy atom. The largest absolute Gasteiger partial charge is 0.443 e. The molecule has 4 aromatic rings. The summed E-state index contributed by atoms with van der Waals surface area (Å²) in [6.07, 6.45) is 1.27. The number of ether oxygens (including phenoxy) is 5. The fraction of sp³-hybridized carbons (Fsp3) is 0.457. The van der Waals surface area contributed by atoms with Crippen molar-refractivity contribution in [2.45, 2.75) is 26.4 Å². The van der Waals surface area contributed by atoms with Crippen molar-refractivity contribution >= 4 is 39.2 Å². The van der Waals surface area contributed by atoms with E-state index in [-0.39, 0.29) is 19.8 Å². The van der Waals surface area contributed by atoms with Crippen LogP contribution in [0.2, 0.25) is 0 Å². The van der Waals surface area contributed by atoms with Crippen molar-refractivity contribution < 1.29 is 33.6 Å². The maximum absolute atomic E-state index is 13.1. The van der Waals surface area contributed by atoms with Crippen LogP contribution in [-0.4, -0.2) is 107 Å². The number of benzene rings is 2. The number of aromatic nitrogens is 2. The van der Waals surface area contributed by atoms with Gasteiger partial charge in [0.1, 0.15) is 16.4 Å². The maximum Gasteiger partial charge on any atom is 0.416 e. The molecule has 1 amide bonds. The SMILES string of the molecule is CN(C)c1ccc2nc(-c3ccc(-c4ccc(N(CCOCCOCCOCCOCCO)C(=O)OC(C)(C)C)nc4)cc3)sc2c1. The second-order valence-corrected chi connectivity index (χ2v) is 12.9. The van der Waals surface area contributed by atoms with Gasteiger partial charge in [0.25, 0.3) is 0 Å². The zero-order chi connectivity index (χ0) is 33.6. The quantitative estimate of drug-likeness (QED) is 0.129. The smallest absolute Gasteiger partial charge is 0.416 e. The van der Waals surface area contributed by atoms with Crippen LogP contribution < -0.4 is 9.80 Å². The van der Waals surface area contributed by atoms with Gasteiger partial charge < -0.3 is 33.7 Å². The maximum atomic E-state index is 13.1. The van der Waals surface area contributed by atoms with Crippen molar-refractivity contribution in [2.24, 2.45) is 0 Å². The third-order valence-corrected chi connectivity index (χ3v) is 7.87. The van der Waals surface area contributed by atoms with Gasteiger partial charge in [0.05, 0.1) is 76.2 Å². The molecule has 2 aromatic heterocycles. The summed E-state index contributed by atoms with van der Waals surface area (Å²) in [5, 5.41) is 9.65. The minimum Gasteiger partial charge on any atom is -0.443 e. The summed E-state index contributed by atoms with van der Waals surface area (Å²) in [5.74, 6) is 0.478. The van der Waals surface area contributed by atoms with Crippen LogP contribution in [-0.2, 0) is 23.7 Å². The zero-order valence-electron chi connectivity index (χ0n) is 27.9. The van der Waals surface area contributed by atoms with E-state index in [0.717, 1.165) is 37.6 Å². The molecule has 2 heterocycles. The average molecular weight is 667 g/mol. The molecule has 0 bridgehead atoms. The first kappa shape index (κ1) is 36.2. The first-order valence-corrected chi connectivity index (χ1v) is 16.5. The molecule has 2 aromatic carbocycles. The molecule has 0 atom stereocenters. The lowest BCUT2D eigenvalue weighted by Crippen LogP contribution is -2.39. The van der Waals surface area contributed by atoms with Crippen molar-refractivity contribution in [3.8, 4) is 21.7 Å². The molecule has 0 unspecified atom stereocenters. The highest BCUT2D eigenvalue weighted by molar-refractivity contribution is 7.21. The highest BCUT2D eigenvalue weighted by atomic mass is 32.1. The Morgan fingerprint density at radius 1 is 0.787 bits per heavy atom. The lowest BCUT2D eigenvalue weighted by Gasteiger charge is -2.26. The fourth-order valence-corrected chi connectivity index (χ4v) is 5.44. The summed E-state index contributed by atoms with van der Waals surface area (Å²) in [7, 11) is 4.07. The summed E-state index contributed by atoms with van der Waals surface area (Å²) >= 11 is 1.68. The number of aliphatic hydroxyl groups is 1. The van der Waals surface area contributed by atoms with Gasteiger partial charge >= 0.3 is 6.09 Å². The van der Waals surface area contributed by atoms with Gasteiger partial charge in [-0.1, -0.05) is 24.3 Å². The molecule has 12 heteroatoms. The van der Waals surface area contributed by atoms with E-state index in [9.17, 15) is 4.79 Å². The van der Waals surface area contributed by atoms with Gasteiger partial charge in [-0.15, -0.1) is 11.3 Å². The van der Waals surface area contributed by atoms with Crippen molar-refractivity contribution in [3.63, 3.8) is 0 Å². The minimum absolute atomic E-state index is 0.00261. The Bertz CT molecular complexity index is 1520. The molecule has 0 radical (unpaired) electrons. The Kier molecular flexibility index (Phi) is 13.9. The second-order valence-electron chi connectivity index (χ2n) is 11.9. The number of pyridine rings is 1. The number of carbonyl (C=O) groups excluding carboxylic acids is 1. The van der Waals surface area contributed by atoms with Crippen LogP contribution in [0.25, 0.3) is 31.9 Å². The van der Waals surface area contributed by atoms with Crippen LogP contribution >= 0.6 is 11.3 Å². The summed E-state index contributed by atoms with van der Waals surface area (Å²) in [6.45, 7) is 8.91. The van der Waals surface area contributed by atoms with Gasteiger partial charge in [-0.25, -0.2) is 14.8 Å². The molecule has 0 spiro atoms. The number of thiazole rings is 1. The molecule has 4 rings (SSSR count). The fourth-order valence-electron chi connectivity index (χ4n) is 4.44. The molecule has 0 aliphatic heterocycles. The number of hydrogen-bond donors (Lipinski definition) is 1. The number of aliphatic hydroxyl groups excluding tert-OH is 1. The van der Waals surface area contributed by atoms with Crippen LogP contribution in [0.3, 0.4) is 0 Å². The molecular formula is C35H46N4O7S.